The molecule has 2 amide bonds. The molecule has 0 unspecified atom stereocenters. The van der Waals surface area contributed by atoms with Crippen LogP contribution in [0.4, 0.5) is 4.79 Å². The number of carbonyl (C=O) groups is 2. The lowest BCUT2D eigenvalue weighted by Gasteiger charge is -2.35. The van der Waals surface area contributed by atoms with Crippen molar-refractivity contribution in [3.05, 3.63) is 0 Å². The molecule has 104 valence electrons. The average Bonchev–Trinajstić information content (AvgIpc) is 2.18. The molecule has 0 atom stereocenters. The Morgan fingerprint density at radius 2 is 1.78 bits per heavy atom. The minimum absolute atomic E-state index is 0.0762. The van der Waals surface area contributed by atoms with E-state index in [1.165, 1.54) is 0 Å². The van der Waals surface area contributed by atoms with Crippen LogP contribution in [0.15, 0.2) is 0 Å². The highest BCUT2D eigenvalue weighted by Gasteiger charge is 2.36. The molecule has 0 aliphatic heterocycles. The Bertz CT molecular complexity index is 326. The molecule has 1 rings (SSSR count). The molecule has 1 aliphatic carbocycles. The zero-order chi connectivity index (χ0) is 14.0. The number of rotatable bonds is 2. The maximum absolute atomic E-state index is 11.6. The van der Waals surface area contributed by atoms with E-state index in [2.05, 4.69) is 5.32 Å². The molecule has 0 aromatic carbocycles. The number of primary amides is 1. The van der Waals surface area contributed by atoms with Crippen molar-refractivity contribution in [1.82, 2.24) is 5.32 Å². The Morgan fingerprint density at radius 1 is 1.28 bits per heavy atom. The summed E-state index contributed by atoms with van der Waals surface area (Å²) in [5.74, 6) is -0.252. The third-order valence-electron chi connectivity index (χ3n) is 3.40. The highest BCUT2D eigenvalue weighted by Crippen LogP contribution is 2.35. The lowest BCUT2D eigenvalue weighted by atomic mass is 9.73. The fourth-order valence-corrected chi connectivity index (χ4v) is 2.12. The molecular weight excluding hydrogens is 232 g/mol. The van der Waals surface area contributed by atoms with E-state index in [4.69, 9.17) is 10.5 Å². The van der Waals surface area contributed by atoms with Crippen molar-refractivity contribution < 1.29 is 14.3 Å². The lowest BCUT2D eigenvalue weighted by molar-refractivity contribution is -0.128. The van der Waals surface area contributed by atoms with Gasteiger partial charge in [0.1, 0.15) is 5.60 Å². The number of carbonyl (C=O) groups excluding carboxylic acids is 2. The van der Waals surface area contributed by atoms with Crippen LogP contribution in [0.1, 0.15) is 53.4 Å². The van der Waals surface area contributed by atoms with E-state index in [1.54, 1.807) is 0 Å². The second-order valence-electron chi connectivity index (χ2n) is 6.35. The number of hydrogen-bond acceptors (Lipinski definition) is 3. The standard InChI is InChI=1S/C13H24N2O3/c1-12(2,3)18-11(17)15-9-5-7-13(4,8-6-9)10(14)16/h9H,5-8H2,1-4H3,(H2,14,16)(H,15,17). The van der Waals surface area contributed by atoms with E-state index in [1.807, 2.05) is 27.7 Å². The molecule has 0 bridgehead atoms. The van der Waals surface area contributed by atoms with E-state index < -0.39 is 17.1 Å². The lowest BCUT2D eigenvalue weighted by Crippen LogP contribution is -2.45. The van der Waals surface area contributed by atoms with Crippen molar-refractivity contribution in [2.45, 2.75) is 65.0 Å². The summed E-state index contributed by atoms with van der Waals surface area (Å²) in [4.78, 5) is 22.9. The van der Waals surface area contributed by atoms with Crippen LogP contribution < -0.4 is 11.1 Å². The van der Waals surface area contributed by atoms with Gasteiger partial charge in [0.05, 0.1) is 0 Å². The summed E-state index contributed by atoms with van der Waals surface area (Å²) in [6.07, 6.45) is 2.55. The van der Waals surface area contributed by atoms with Gasteiger partial charge in [0, 0.05) is 11.5 Å². The molecule has 18 heavy (non-hydrogen) atoms. The molecule has 5 heteroatoms. The highest BCUT2D eigenvalue weighted by atomic mass is 16.6. The summed E-state index contributed by atoms with van der Waals surface area (Å²) in [5, 5.41) is 2.84. The van der Waals surface area contributed by atoms with Gasteiger partial charge in [-0.3, -0.25) is 4.79 Å². The van der Waals surface area contributed by atoms with E-state index in [9.17, 15) is 9.59 Å². The number of nitrogens with one attached hydrogen (secondary N) is 1. The van der Waals surface area contributed by atoms with Crippen LogP contribution in [0.25, 0.3) is 0 Å². The molecule has 0 aromatic heterocycles. The van der Waals surface area contributed by atoms with E-state index in [0.29, 0.717) is 12.8 Å². The predicted octanol–water partition coefficient (Wildman–Crippen LogP) is 1.95. The minimum atomic E-state index is -0.486. The fraction of sp³-hybridized carbons (Fsp3) is 0.846. The predicted molar refractivity (Wildman–Crippen MR) is 68.9 cm³/mol. The largest absolute Gasteiger partial charge is 0.444 e. The Kier molecular flexibility index (Phi) is 4.24. The van der Waals surface area contributed by atoms with Gasteiger partial charge >= 0.3 is 6.09 Å². The summed E-state index contributed by atoms with van der Waals surface area (Å²) in [6, 6.07) is 0.0762. The van der Waals surface area contributed by atoms with Gasteiger partial charge in [-0.15, -0.1) is 0 Å². The van der Waals surface area contributed by atoms with Crippen molar-refractivity contribution in [2.24, 2.45) is 11.1 Å². The molecule has 1 fully saturated rings. The third kappa shape index (κ3) is 4.20. The average molecular weight is 256 g/mol. The number of amides is 2. The molecular formula is C13H24N2O3. The Morgan fingerprint density at radius 3 is 2.17 bits per heavy atom. The van der Waals surface area contributed by atoms with Gasteiger partial charge in [0.25, 0.3) is 0 Å². The third-order valence-corrected chi connectivity index (χ3v) is 3.40. The van der Waals surface area contributed by atoms with Gasteiger partial charge in [-0.25, -0.2) is 4.79 Å². The Labute approximate surface area is 108 Å². The van der Waals surface area contributed by atoms with Gasteiger partial charge in [-0.2, -0.15) is 0 Å². The first-order valence-corrected chi connectivity index (χ1v) is 6.42. The molecule has 0 heterocycles. The van der Waals surface area contributed by atoms with Crippen LogP contribution in [-0.2, 0) is 9.53 Å². The monoisotopic (exact) mass is 256 g/mol. The molecule has 0 aromatic rings. The Hall–Kier alpha value is -1.26. The first-order chi connectivity index (χ1) is 8.12. The Balaban J connectivity index is 2.41. The van der Waals surface area contributed by atoms with Crippen LogP contribution in [0.2, 0.25) is 0 Å². The van der Waals surface area contributed by atoms with Gasteiger partial charge in [0.15, 0.2) is 0 Å². The summed E-state index contributed by atoms with van der Waals surface area (Å²) < 4.78 is 5.20. The molecule has 0 spiro atoms. The normalized spacial score (nSPS) is 28.6. The summed E-state index contributed by atoms with van der Waals surface area (Å²) in [5.41, 5.74) is 4.47. The highest BCUT2D eigenvalue weighted by molar-refractivity contribution is 5.80. The van der Waals surface area contributed by atoms with Gasteiger partial charge in [-0.05, 0) is 46.5 Å². The van der Waals surface area contributed by atoms with Crippen LogP contribution in [-0.4, -0.2) is 23.6 Å². The minimum Gasteiger partial charge on any atom is -0.444 e. The van der Waals surface area contributed by atoms with E-state index >= 15 is 0 Å². The molecule has 0 radical (unpaired) electrons. The number of nitrogens with two attached hydrogens (primary N) is 1. The topological polar surface area (TPSA) is 81.4 Å². The van der Waals surface area contributed by atoms with Crippen LogP contribution >= 0.6 is 0 Å². The summed E-state index contributed by atoms with van der Waals surface area (Å²) >= 11 is 0. The van der Waals surface area contributed by atoms with E-state index in [-0.39, 0.29) is 11.9 Å². The zero-order valence-electron chi connectivity index (χ0n) is 11.7. The molecule has 1 aliphatic rings. The van der Waals surface area contributed by atoms with Gasteiger partial charge in [0.2, 0.25) is 5.91 Å². The van der Waals surface area contributed by atoms with Gasteiger partial charge < -0.3 is 15.8 Å². The summed E-state index contributed by atoms with van der Waals surface area (Å²) in [7, 11) is 0. The van der Waals surface area contributed by atoms with Crippen molar-refractivity contribution in [3.63, 3.8) is 0 Å². The first kappa shape index (κ1) is 14.8. The van der Waals surface area contributed by atoms with E-state index in [0.717, 1.165) is 12.8 Å². The second kappa shape index (κ2) is 5.16. The molecule has 3 N–H and O–H groups in total. The van der Waals surface area contributed by atoms with Crippen molar-refractivity contribution >= 4 is 12.0 Å². The maximum Gasteiger partial charge on any atom is 0.407 e. The SMILES string of the molecule is CC(C)(C)OC(=O)NC1CCC(C)(C(N)=O)CC1. The van der Waals surface area contributed by atoms with Crippen LogP contribution in [0.5, 0.6) is 0 Å². The van der Waals surface area contributed by atoms with Crippen LogP contribution in [0.3, 0.4) is 0 Å². The quantitative estimate of drug-likeness (QED) is 0.792. The van der Waals surface area contributed by atoms with Crippen LogP contribution in [0, 0.1) is 5.41 Å². The van der Waals surface area contributed by atoms with Crippen molar-refractivity contribution in [1.29, 1.82) is 0 Å². The molecule has 1 saturated carbocycles. The molecule has 5 nitrogen and oxygen atoms in total. The number of hydrogen-bond donors (Lipinski definition) is 2. The van der Waals surface area contributed by atoms with Crippen molar-refractivity contribution in [3.8, 4) is 0 Å². The van der Waals surface area contributed by atoms with Gasteiger partial charge in [-0.1, -0.05) is 6.92 Å². The zero-order valence-corrected chi connectivity index (χ0v) is 11.7. The maximum atomic E-state index is 11.6. The van der Waals surface area contributed by atoms with Crippen molar-refractivity contribution in [2.75, 3.05) is 0 Å². The fourth-order valence-electron chi connectivity index (χ4n) is 2.12. The molecule has 0 saturated heterocycles. The smallest absolute Gasteiger partial charge is 0.407 e. The number of alkyl carbamates (subject to hydrolysis) is 1. The second-order valence-corrected chi connectivity index (χ2v) is 6.35. The summed E-state index contributed by atoms with van der Waals surface area (Å²) in [6.45, 7) is 7.38. The number of ether oxygens (including phenoxy) is 1. The first-order valence-electron chi connectivity index (χ1n) is 6.42.